The van der Waals surface area contributed by atoms with Crippen molar-refractivity contribution in [3.05, 3.63) is 65.0 Å². The van der Waals surface area contributed by atoms with Gasteiger partial charge in [0, 0.05) is 36.9 Å². The molecule has 2 aromatic rings. The topological polar surface area (TPSA) is 31.4 Å². The largest absolute Gasteiger partial charge is 0.378 e. The lowest BCUT2D eigenvalue weighted by Gasteiger charge is -2.45. The first-order chi connectivity index (χ1) is 13.6. The second-order valence-electron chi connectivity index (χ2n) is 8.96. The number of aryl methyl sites for hydroxylation is 3. The van der Waals surface area contributed by atoms with E-state index in [4.69, 9.17) is 14.5 Å². The molecule has 150 valence electrons. The van der Waals surface area contributed by atoms with E-state index in [-0.39, 0.29) is 11.0 Å². The number of unbranched alkanes of at least 4 members (excludes halogenated alkanes) is 1. The molecule has 0 bridgehead atoms. The van der Waals surface area contributed by atoms with Crippen LogP contribution in [0.3, 0.4) is 0 Å². The summed E-state index contributed by atoms with van der Waals surface area (Å²) in [6.07, 6.45) is 9.85. The summed E-state index contributed by atoms with van der Waals surface area (Å²) in [6.45, 7) is 6.77. The lowest BCUT2D eigenvalue weighted by Crippen LogP contribution is -2.48. The Kier molecular flexibility index (Phi) is 5.84. The van der Waals surface area contributed by atoms with E-state index in [2.05, 4.69) is 44.2 Å². The second kappa shape index (κ2) is 8.34. The molecule has 0 aliphatic carbocycles. The highest BCUT2D eigenvalue weighted by molar-refractivity contribution is 5.28. The third-order valence-corrected chi connectivity index (χ3v) is 6.58. The quantitative estimate of drug-likeness (QED) is 0.637. The zero-order chi connectivity index (χ0) is 19.5. The van der Waals surface area contributed by atoms with Gasteiger partial charge in [-0.25, -0.2) is 0 Å². The summed E-state index contributed by atoms with van der Waals surface area (Å²) in [7, 11) is 0. The third kappa shape index (κ3) is 4.31. The molecule has 3 heterocycles. The Morgan fingerprint density at radius 3 is 2.57 bits per heavy atom. The fourth-order valence-corrected chi connectivity index (χ4v) is 5.30. The van der Waals surface area contributed by atoms with Gasteiger partial charge in [0.15, 0.2) is 0 Å². The summed E-state index contributed by atoms with van der Waals surface area (Å²) < 4.78 is 12.0. The van der Waals surface area contributed by atoms with Crippen molar-refractivity contribution >= 4 is 0 Å². The summed E-state index contributed by atoms with van der Waals surface area (Å²) in [5.74, 6) is 0. The van der Waals surface area contributed by atoms with Crippen molar-refractivity contribution in [1.82, 2.24) is 4.98 Å². The number of hydrogen-bond acceptors (Lipinski definition) is 3. The van der Waals surface area contributed by atoms with Gasteiger partial charge in [0.05, 0.1) is 12.2 Å². The molecule has 2 unspecified atom stereocenters. The maximum Gasteiger partial charge on any atom is 0.0945 e. The number of pyridine rings is 1. The van der Waals surface area contributed by atoms with E-state index in [1.54, 1.807) is 0 Å². The van der Waals surface area contributed by atoms with Gasteiger partial charge in [-0.1, -0.05) is 41.8 Å². The number of hydrogen-bond donors (Lipinski definition) is 0. The van der Waals surface area contributed by atoms with Crippen molar-refractivity contribution in [2.24, 2.45) is 0 Å². The van der Waals surface area contributed by atoms with Crippen LogP contribution in [0.25, 0.3) is 0 Å². The second-order valence-corrected chi connectivity index (χ2v) is 8.96. The van der Waals surface area contributed by atoms with Gasteiger partial charge in [-0.2, -0.15) is 0 Å². The van der Waals surface area contributed by atoms with E-state index in [0.29, 0.717) is 0 Å². The minimum atomic E-state index is -0.0938. The molecule has 3 nitrogen and oxygen atoms in total. The fourth-order valence-electron chi connectivity index (χ4n) is 5.30. The van der Waals surface area contributed by atoms with Crippen molar-refractivity contribution < 1.29 is 9.47 Å². The molecule has 3 heteroatoms. The molecule has 0 amide bonds. The maximum atomic E-state index is 6.25. The first-order valence-corrected chi connectivity index (χ1v) is 10.8. The van der Waals surface area contributed by atoms with Gasteiger partial charge in [0.25, 0.3) is 0 Å². The number of ether oxygens (including phenoxy) is 2. The van der Waals surface area contributed by atoms with E-state index in [0.717, 1.165) is 45.5 Å². The van der Waals surface area contributed by atoms with Crippen LogP contribution >= 0.6 is 0 Å². The zero-order valence-corrected chi connectivity index (χ0v) is 17.4. The van der Waals surface area contributed by atoms with Gasteiger partial charge >= 0.3 is 0 Å². The van der Waals surface area contributed by atoms with Gasteiger partial charge in [0.2, 0.25) is 0 Å². The van der Waals surface area contributed by atoms with Crippen LogP contribution in [-0.4, -0.2) is 30.4 Å². The van der Waals surface area contributed by atoms with E-state index < -0.39 is 0 Å². The minimum absolute atomic E-state index is 0.0938. The normalized spacial score (nSPS) is 27.4. The Morgan fingerprint density at radius 1 is 1.00 bits per heavy atom. The lowest BCUT2D eigenvalue weighted by atomic mass is 9.67. The molecule has 28 heavy (non-hydrogen) atoms. The van der Waals surface area contributed by atoms with Crippen LogP contribution in [0.4, 0.5) is 0 Å². The predicted octanol–water partition coefficient (Wildman–Crippen LogP) is 5.32. The van der Waals surface area contributed by atoms with Gasteiger partial charge in [0.1, 0.15) is 0 Å². The van der Waals surface area contributed by atoms with Gasteiger partial charge < -0.3 is 9.47 Å². The highest BCUT2D eigenvalue weighted by Crippen LogP contribution is 2.47. The molecule has 2 fully saturated rings. The van der Waals surface area contributed by atoms with Gasteiger partial charge in [-0.05, 0) is 63.6 Å². The molecule has 4 rings (SSSR count). The number of aromatic nitrogens is 1. The molecule has 0 N–H and O–H groups in total. The zero-order valence-electron chi connectivity index (χ0n) is 17.4. The lowest BCUT2D eigenvalue weighted by molar-refractivity contribution is -0.109. The molecule has 1 spiro atoms. The monoisotopic (exact) mass is 379 g/mol. The Bertz CT molecular complexity index is 762. The van der Waals surface area contributed by atoms with Crippen molar-refractivity contribution in [2.45, 2.75) is 69.8 Å². The van der Waals surface area contributed by atoms with Crippen LogP contribution in [0.2, 0.25) is 0 Å². The number of nitrogens with zero attached hydrogens (tertiary/aromatic N) is 1. The molecule has 1 aromatic carbocycles. The highest BCUT2D eigenvalue weighted by Gasteiger charge is 2.49. The third-order valence-electron chi connectivity index (χ3n) is 6.58. The number of benzene rings is 1. The molecule has 0 saturated carbocycles. The van der Waals surface area contributed by atoms with Crippen LogP contribution < -0.4 is 0 Å². The van der Waals surface area contributed by atoms with E-state index in [9.17, 15) is 0 Å². The molecule has 2 saturated heterocycles. The average Bonchev–Trinajstić information content (AvgIpc) is 3.13. The van der Waals surface area contributed by atoms with Crippen LogP contribution in [0.1, 0.15) is 60.9 Å². The SMILES string of the molecule is Cc1cc(C)cc(CCCCC2(c3ccccn3)CCOC3(CCOC3)C2)c1. The molecular formula is C25H33NO2. The Labute approximate surface area is 169 Å². The number of rotatable bonds is 6. The van der Waals surface area contributed by atoms with E-state index in [1.807, 2.05) is 12.3 Å². The fraction of sp³-hybridized carbons (Fsp3) is 0.560. The van der Waals surface area contributed by atoms with E-state index in [1.165, 1.54) is 41.6 Å². The Morgan fingerprint density at radius 2 is 1.86 bits per heavy atom. The van der Waals surface area contributed by atoms with Crippen LogP contribution in [0, 0.1) is 13.8 Å². The average molecular weight is 380 g/mol. The highest BCUT2D eigenvalue weighted by atomic mass is 16.6. The van der Waals surface area contributed by atoms with Crippen molar-refractivity contribution in [3.63, 3.8) is 0 Å². The molecule has 0 radical (unpaired) electrons. The minimum Gasteiger partial charge on any atom is -0.378 e. The summed E-state index contributed by atoms with van der Waals surface area (Å²) in [6, 6.07) is 13.3. The first kappa shape index (κ1) is 19.6. The summed E-state index contributed by atoms with van der Waals surface area (Å²) in [5.41, 5.74) is 5.48. The Hall–Kier alpha value is -1.71. The van der Waals surface area contributed by atoms with Gasteiger partial charge in [-0.3, -0.25) is 4.98 Å². The van der Waals surface area contributed by atoms with Crippen molar-refractivity contribution in [3.8, 4) is 0 Å². The molecule has 2 atom stereocenters. The molecule has 2 aliphatic rings. The Balaban J connectivity index is 1.45. The smallest absolute Gasteiger partial charge is 0.0945 e. The standard InChI is InChI=1S/C25H33NO2/c1-20-15-21(2)17-22(16-20)7-3-5-9-24(23-8-4-6-12-26-23)10-14-28-25(18-24)11-13-27-19-25/h4,6,8,12,15-17H,3,5,7,9-11,13-14,18-19H2,1-2H3. The van der Waals surface area contributed by atoms with Gasteiger partial charge in [-0.15, -0.1) is 0 Å². The summed E-state index contributed by atoms with van der Waals surface area (Å²) in [5, 5.41) is 0. The first-order valence-electron chi connectivity index (χ1n) is 10.8. The van der Waals surface area contributed by atoms with Crippen molar-refractivity contribution in [2.75, 3.05) is 19.8 Å². The van der Waals surface area contributed by atoms with Crippen LogP contribution in [-0.2, 0) is 21.3 Å². The predicted molar refractivity (Wildman–Crippen MR) is 113 cm³/mol. The molecule has 1 aromatic heterocycles. The van der Waals surface area contributed by atoms with Crippen molar-refractivity contribution in [1.29, 1.82) is 0 Å². The summed E-state index contributed by atoms with van der Waals surface area (Å²) >= 11 is 0. The molecular weight excluding hydrogens is 346 g/mol. The van der Waals surface area contributed by atoms with E-state index >= 15 is 0 Å². The summed E-state index contributed by atoms with van der Waals surface area (Å²) in [4.78, 5) is 4.79. The van der Waals surface area contributed by atoms with Crippen LogP contribution in [0.5, 0.6) is 0 Å². The van der Waals surface area contributed by atoms with Crippen LogP contribution in [0.15, 0.2) is 42.6 Å². The maximum absolute atomic E-state index is 6.25. The molecule has 2 aliphatic heterocycles.